The summed E-state index contributed by atoms with van der Waals surface area (Å²) >= 11 is 0. The normalized spacial score (nSPS) is 19.6. The first-order valence-electron chi connectivity index (χ1n) is 2.65. The first kappa shape index (κ1) is 5.40. The first-order chi connectivity index (χ1) is 3.83. The van der Waals surface area contributed by atoms with Gasteiger partial charge in [0.25, 0.3) is 0 Å². The highest BCUT2D eigenvalue weighted by Crippen LogP contribution is 2.09. The minimum atomic E-state index is 0.777. The second-order valence-electron chi connectivity index (χ2n) is 2.10. The molecule has 1 saturated heterocycles. The molecule has 1 aliphatic rings. The molecule has 0 atom stereocenters. The Hall–Kier alpha value is -0.740. The van der Waals surface area contributed by atoms with E-state index in [0.717, 1.165) is 19.6 Å². The highest BCUT2D eigenvalue weighted by Gasteiger charge is 2.15. The van der Waals surface area contributed by atoms with Gasteiger partial charge < -0.3 is 0 Å². The van der Waals surface area contributed by atoms with Crippen molar-refractivity contribution in [3.8, 4) is 12.3 Å². The summed E-state index contributed by atoms with van der Waals surface area (Å²) < 4.78 is 0. The number of nitrogens with zero attached hydrogens (tertiary/aromatic N) is 1. The summed E-state index contributed by atoms with van der Waals surface area (Å²) in [7, 11) is 0. The van der Waals surface area contributed by atoms with Crippen molar-refractivity contribution in [2.75, 3.05) is 19.6 Å². The van der Waals surface area contributed by atoms with E-state index in [9.17, 15) is 0 Å². The molecule has 0 aromatic rings. The maximum Gasteiger partial charge on any atom is 0.0604 e. The van der Waals surface area contributed by atoms with Gasteiger partial charge in [0.2, 0.25) is 0 Å². The van der Waals surface area contributed by atoms with Gasteiger partial charge in [-0.25, -0.2) is 0 Å². The Labute approximate surface area is 50.0 Å². The van der Waals surface area contributed by atoms with Crippen LogP contribution in [0.2, 0.25) is 0 Å². The quantitative estimate of drug-likeness (QED) is 0.348. The predicted octanol–water partition coefficient (Wildman–Crippen LogP) is 0.491. The molecule has 1 heteroatoms. The van der Waals surface area contributed by atoms with E-state index in [1.807, 2.05) is 0 Å². The Morgan fingerprint density at radius 2 is 2.38 bits per heavy atom. The van der Waals surface area contributed by atoms with Crippen molar-refractivity contribution in [1.29, 1.82) is 0 Å². The van der Waals surface area contributed by atoms with Gasteiger partial charge in [0, 0.05) is 13.1 Å². The van der Waals surface area contributed by atoms with Gasteiger partial charge in [-0.15, -0.1) is 6.42 Å². The summed E-state index contributed by atoms with van der Waals surface area (Å²) in [5, 5.41) is 0. The average molecular weight is 107 g/mol. The highest BCUT2D eigenvalue weighted by molar-refractivity contribution is 5.11. The maximum absolute atomic E-state index is 5.06. The van der Waals surface area contributed by atoms with Crippen molar-refractivity contribution in [2.45, 2.75) is 0 Å². The number of likely N-dealkylation sites (tertiary alicyclic amines) is 1. The van der Waals surface area contributed by atoms with E-state index in [1.165, 1.54) is 5.57 Å². The van der Waals surface area contributed by atoms with Gasteiger partial charge in [-0.05, 0) is 5.57 Å². The minimum Gasteiger partial charge on any atom is -0.284 e. The lowest BCUT2D eigenvalue weighted by Crippen LogP contribution is -2.39. The van der Waals surface area contributed by atoms with Gasteiger partial charge in [-0.3, -0.25) is 4.90 Å². The lowest BCUT2D eigenvalue weighted by atomic mass is 10.1. The van der Waals surface area contributed by atoms with E-state index in [2.05, 4.69) is 17.4 Å². The van der Waals surface area contributed by atoms with Crippen molar-refractivity contribution in [3.63, 3.8) is 0 Å². The molecule has 0 aliphatic carbocycles. The van der Waals surface area contributed by atoms with E-state index >= 15 is 0 Å². The predicted molar refractivity (Wildman–Crippen MR) is 34.4 cm³/mol. The average Bonchev–Trinajstić information content (AvgIpc) is 1.64. The fourth-order valence-corrected chi connectivity index (χ4v) is 0.827. The summed E-state index contributed by atoms with van der Waals surface area (Å²) in [6, 6.07) is 0. The van der Waals surface area contributed by atoms with Gasteiger partial charge in [-0.2, -0.15) is 0 Å². The zero-order chi connectivity index (χ0) is 5.98. The molecular weight excluding hydrogens is 98.1 g/mol. The summed E-state index contributed by atoms with van der Waals surface area (Å²) in [6.07, 6.45) is 5.06. The SMILES string of the molecule is C#CCN1CC(=C)C1. The second kappa shape index (κ2) is 2.02. The molecule has 1 fully saturated rings. The third-order valence-corrected chi connectivity index (χ3v) is 1.21. The fraction of sp³-hybridized carbons (Fsp3) is 0.429. The third kappa shape index (κ3) is 0.907. The standard InChI is InChI=1S/C7H9N/c1-3-4-8-5-7(2)6-8/h1H,2,4-6H2. The molecule has 1 heterocycles. The van der Waals surface area contributed by atoms with Crippen molar-refractivity contribution in [3.05, 3.63) is 12.2 Å². The molecule has 0 unspecified atom stereocenters. The van der Waals surface area contributed by atoms with Crippen LogP contribution in [0.25, 0.3) is 0 Å². The molecule has 0 bridgehead atoms. The summed E-state index contributed by atoms with van der Waals surface area (Å²) in [5.41, 5.74) is 1.29. The largest absolute Gasteiger partial charge is 0.284 e. The van der Waals surface area contributed by atoms with Gasteiger partial charge in [0.1, 0.15) is 0 Å². The number of terminal acetylenes is 1. The fourth-order valence-electron chi connectivity index (χ4n) is 0.827. The van der Waals surface area contributed by atoms with Gasteiger partial charge in [0.05, 0.1) is 6.54 Å². The van der Waals surface area contributed by atoms with Crippen LogP contribution >= 0.6 is 0 Å². The van der Waals surface area contributed by atoms with Crippen molar-refractivity contribution in [1.82, 2.24) is 4.90 Å². The summed E-state index contributed by atoms with van der Waals surface area (Å²) in [5.74, 6) is 2.58. The Morgan fingerprint density at radius 1 is 1.75 bits per heavy atom. The van der Waals surface area contributed by atoms with E-state index < -0.39 is 0 Å². The van der Waals surface area contributed by atoms with Crippen LogP contribution < -0.4 is 0 Å². The first-order valence-corrected chi connectivity index (χ1v) is 2.65. The molecule has 0 N–H and O–H groups in total. The van der Waals surface area contributed by atoms with E-state index in [-0.39, 0.29) is 0 Å². The molecule has 0 aromatic heterocycles. The molecule has 1 aliphatic heterocycles. The number of rotatable bonds is 1. The molecule has 0 spiro atoms. The van der Waals surface area contributed by atoms with Crippen LogP contribution in [0.3, 0.4) is 0 Å². The molecular formula is C7H9N. The van der Waals surface area contributed by atoms with Crippen molar-refractivity contribution >= 4 is 0 Å². The molecule has 1 rings (SSSR count). The van der Waals surface area contributed by atoms with E-state index in [1.54, 1.807) is 0 Å². The number of hydrogen-bond donors (Lipinski definition) is 0. The van der Waals surface area contributed by atoms with Gasteiger partial charge in [-0.1, -0.05) is 12.5 Å². The lowest BCUT2D eigenvalue weighted by molar-refractivity contribution is 0.284. The van der Waals surface area contributed by atoms with Crippen LogP contribution in [0.1, 0.15) is 0 Å². The molecule has 1 nitrogen and oxygen atoms in total. The van der Waals surface area contributed by atoms with Crippen LogP contribution in [-0.4, -0.2) is 24.5 Å². The second-order valence-corrected chi connectivity index (χ2v) is 2.10. The summed E-state index contributed by atoms with van der Waals surface area (Å²) in [6.45, 7) is 6.57. The minimum absolute atomic E-state index is 0.777. The van der Waals surface area contributed by atoms with E-state index in [0.29, 0.717) is 0 Å². The molecule has 0 radical (unpaired) electrons. The van der Waals surface area contributed by atoms with Crippen molar-refractivity contribution in [2.24, 2.45) is 0 Å². The monoisotopic (exact) mass is 107 g/mol. The smallest absolute Gasteiger partial charge is 0.0604 e. The van der Waals surface area contributed by atoms with Crippen LogP contribution in [0.15, 0.2) is 12.2 Å². The molecule has 0 amide bonds. The van der Waals surface area contributed by atoms with Gasteiger partial charge >= 0.3 is 0 Å². The van der Waals surface area contributed by atoms with E-state index in [4.69, 9.17) is 6.42 Å². The Morgan fingerprint density at radius 3 is 2.75 bits per heavy atom. The molecule has 8 heavy (non-hydrogen) atoms. The number of hydrogen-bond acceptors (Lipinski definition) is 1. The molecule has 0 aromatic carbocycles. The Balaban J connectivity index is 2.18. The van der Waals surface area contributed by atoms with Gasteiger partial charge in [0.15, 0.2) is 0 Å². The summed E-state index contributed by atoms with van der Waals surface area (Å²) in [4.78, 5) is 2.17. The van der Waals surface area contributed by atoms with Crippen LogP contribution in [0.4, 0.5) is 0 Å². The lowest BCUT2D eigenvalue weighted by Gasteiger charge is -2.30. The zero-order valence-electron chi connectivity index (χ0n) is 4.85. The highest BCUT2D eigenvalue weighted by atomic mass is 15.2. The zero-order valence-corrected chi connectivity index (χ0v) is 4.85. The molecule has 0 saturated carbocycles. The maximum atomic E-state index is 5.06. The van der Waals surface area contributed by atoms with Crippen LogP contribution in [-0.2, 0) is 0 Å². The Kier molecular flexibility index (Phi) is 1.36. The third-order valence-electron chi connectivity index (χ3n) is 1.21. The van der Waals surface area contributed by atoms with Crippen LogP contribution in [0, 0.1) is 12.3 Å². The van der Waals surface area contributed by atoms with Crippen molar-refractivity contribution < 1.29 is 0 Å². The topological polar surface area (TPSA) is 3.24 Å². The van der Waals surface area contributed by atoms with Crippen LogP contribution in [0.5, 0.6) is 0 Å². The Bertz CT molecular complexity index is 133. The molecule has 42 valence electrons.